The molecule has 0 aromatic heterocycles. The second-order valence-electron chi connectivity index (χ2n) is 9.50. The van der Waals surface area contributed by atoms with Crippen LogP contribution in [0.1, 0.15) is 21.5 Å². The number of carbonyl (C=O) groups is 2. The van der Waals surface area contributed by atoms with E-state index in [4.69, 9.17) is 4.74 Å². The van der Waals surface area contributed by atoms with Crippen molar-refractivity contribution >= 4 is 38.9 Å². The first kappa shape index (κ1) is 30.7. The van der Waals surface area contributed by atoms with Gasteiger partial charge in [-0.2, -0.15) is 0 Å². The minimum atomic E-state index is -4.45. The molecule has 0 heterocycles. The molecule has 4 aromatic carbocycles. The van der Waals surface area contributed by atoms with Crippen LogP contribution in [0.25, 0.3) is 0 Å². The summed E-state index contributed by atoms with van der Waals surface area (Å²) in [6.07, 6.45) is 0.618. The van der Waals surface area contributed by atoms with E-state index >= 15 is 0 Å². The molecule has 12 heteroatoms. The third-order valence-corrected chi connectivity index (χ3v) is 8.37. The summed E-state index contributed by atoms with van der Waals surface area (Å²) >= 11 is 0. The van der Waals surface area contributed by atoms with E-state index in [1.807, 2.05) is 30.3 Å². The van der Waals surface area contributed by atoms with E-state index < -0.39 is 33.3 Å². The molecule has 0 fully saturated rings. The number of methoxy groups -OCH3 is 1. The maximum Gasteiger partial charge on any atom is 0.273 e. The molecular weight excluding hydrogens is 572 g/mol. The SMILES string of the molecule is COc1ccc(N(CC(=O)Nc2ccccc2C(=O)NCCc2ccccc2)S(=O)(=O)c2ccc(C)c([N+](=O)[O-])c2)cc1. The molecule has 2 amide bonds. The fraction of sp³-hybridized carbons (Fsp3) is 0.161. The van der Waals surface area contributed by atoms with Crippen molar-refractivity contribution in [2.45, 2.75) is 18.2 Å². The average molecular weight is 603 g/mol. The van der Waals surface area contributed by atoms with Gasteiger partial charge in [0.25, 0.3) is 21.6 Å². The number of amides is 2. The highest BCUT2D eigenvalue weighted by Gasteiger charge is 2.30. The number of nitrogens with one attached hydrogen (secondary N) is 2. The Kier molecular flexibility index (Phi) is 9.73. The Bertz CT molecular complexity index is 1730. The van der Waals surface area contributed by atoms with Crippen LogP contribution in [-0.2, 0) is 21.2 Å². The summed E-state index contributed by atoms with van der Waals surface area (Å²) in [5, 5.41) is 17.0. The molecule has 0 radical (unpaired) electrons. The first-order chi connectivity index (χ1) is 20.6. The quantitative estimate of drug-likeness (QED) is 0.176. The molecule has 0 bridgehead atoms. The highest BCUT2D eigenvalue weighted by Crippen LogP contribution is 2.29. The van der Waals surface area contributed by atoms with Crippen LogP contribution in [0.3, 0.4) is 0 Å². The normalized spacial score (nSPS) is 10.9. The van der Waals surface area contributed by atoms with Crippen molar-refractivity contribution in [1.29, 1.82) is 0 Å². The molecule has 0 aliphatic heterocycles. The number of rotatable bonds is 12. The van der Waals surface area contributed by atoms with Gasteiger partial charge in [-0.25, -0.2) is 8.42 Å². The van der Waals surface area contributed by atoms with Gasteiger partial charge in [-0.1, -0.05) is 48.5 Å². The van der Waals surface area contributed by atoms with E-state index in [1.54, 1.807) is 24.3 Å². The number of benzene rings is 4. The lowest BCUT2D eigenvalue weighted by Crippen LogP contribution is -2.38. The summed E-state index contributed by atoms with van der Waals surface area (Å²) in [6.45, 7) is 1.19. The second kappa shape index (κ2) is 13.6. The van der Waals surface area contributed by atoms with E-state index in [2.05, 4.69) is 10.6 Å². The minimum Gasteiger partial charge on any atom is -0.497 e. The third kappa shape index (κ3) is 7.54. The van der Waals surface area contributed by atoms with E-state index in [0.29, 0.717) is 18.7 Å². The number of ether oxygens (including phenoxy) is 1. The number of aryl methyl sites for hydroxylation is 1. The predicted octanol–water partition coefficient (Wildman–Crippen LogP) is 4.72. The average Bonchev–Trinajstić information content (AvgIpc) is 3.00. The smallest absolute Gasteiger partial charge is 0.273 e. The van der Waals surface area contributed by atoms with Gasteiger partial charge in [0.1, 0.15) is 12.3 Å². The summed E-state index contributed by atoms with van der Waals surface area (Å²) in [4.78, 5) is 36.8. The van der Waals surface area contributed by atoms with E-state index in [0.717, 1.165) is 15.9 Å². The molecule has 2 N–H and O–H groups in total. The van der Waals surface area contributed by atoms with Crippen molar-refractivity contribution in [2.24, 2.45) is 0 Å². The predicted molar refractivity (Wildman–Crippen MR) is 163 cm³/mol. The van der Waals surface area contributed by atoms with Crippen molar-refractivity contribution in [3.05, 3.63) is 124 Å². The molecule has 4 aromatic rings. The lowest BCUT2D eigenvalue weighted by atomic mass is 10.1. The standard InChI is InChI=1S/C31H30N4O7S/c1-22-12-17-26(20-29(22)35(38)39)43(40,41)34(24-13-15-25(42-2)16-14-24)21-30(36)33-28-11-7-6-10-27(28)31(37)32-19-18-23-8-4-3-5-9-23/h3-17,20H,18-19,21H2,1-2H3,(H,32,37)(H,33,36). The fourth-order valence-corrected chi connectivity index (χ4v) is 5.75. The van der Waals surface area contributed by atoms with Crippen LogP contribution in [0.15, 0.2) is 102 Å². The summed E-state index contributed by atoms with van der Waals surface area (Å²) in [5.41, 5.74) is 1.51. The molecule has 0 atom stereocenters. The zero-order valence-electron chi connectivity index (χ0n) is 23.5. The van der Waals surface area contributed by atoms with Gasteiger partial charge in [-0.15, -0.1) is 0 Å². The van der Waals surface area contributed by atoms with Gasteiger partial charge in [-0.3, -0.25) is 24.0 Å². The molecule has 222 valence electrons. The number of nitro groups is 1. The van der Waals surface area contributed by atoms with E-state index in [9.17, 15) is 28.1 Å². The largest absolute Gasteiger partial charge is 0.497 e. The minimum absolute atomic E-state index is 0.131. The van der Waals surface area contributed by atoms with Crippen LogP contribution < -0.4 is 19.7 Å². The van der Waals surface area contributed by atoms with Crippen LogP contribution in [0.4, 0.5) is 17.1 Å². The molecule has 0 saturated carbocycles. The summed E-state index contributed by atoms with van der Waals surface area (Å²) in [6, 6.07) is 25.6. The van der Waals surface area contributed by atoms with Crippen LogP contribution in [-0.4, -0.2) is 45.4 Å². The maximum absolute atomic E-state index is 13.8. The number of sulfonamides is 1. The Labute approximate surface area is 249 Å². The fourth-order valence-electron chi connectivity index (χ4n) is 4.31. The Balaban J connectivity index is 1.58. The summed E-state index contributed by atoms with van der Waals surface area (Å²) < 4.78 is 33.6. The Morgan fingerprint density at radius 2 is 1.60 bits per heavy atom. The summed E-state index contributed by atoms with van der Waals surface area (Å²) in [5.74, 6) is -0.673. The molecule has 0 unspecified atom stereocenters. The Morgan fingerprint density at radius 3 is 2.28 bits per heavy atom. The highest BCUT2D eigenvalue weighted by atomic mass is 32.2. The van der Waals surface area contributed by atoms with Crippen molar-refractivity contribution < 1.29 is 27.7 Å². The molecule has 43 heavy (non-hydrogen) atoms. The van der Waals surface area contributed by atoms with Crippen LogP contribution in [0.5, 0.6) is 5.75 Å². The van der Waals surface area contributed by atoms with Gasteiger partial charge in [0.2, 0.25) is 5.91 Å². The Morgan fingerprint density at radius 1 is 0.930 bits per heavy atom. The number of nitro benzene ring substituents is 1. The van der Waals surface area contributed by atoms with Crippen LogP contribution >= 0.6 is 0 Å². The molecule has 11 nitrogen and oxygen atoms in total. The second-order valence-corrected chi connectivity index (χ2v) is 11.4. The number of anilines is 2. The molecule has 0 aliphatic rings. The molecule has 0 spiro atoms. The lowest BCUT2D eigenvalue weighted by Gasteiger charge is -2.24. The van der Waals surface area contributed by atoms with Gasteiger partial charge < -0.3 is 15.4 Å². The van der Waals surface area contributed by atoms with Gasteiger partial charge >= 0.3 is 0 Å². The van der Waals surface area contributed by atoms with Crippen molar-refractivity contribution in [2.75, 3.05) is 29.8 Å². The van der Waals surface area contributed by atoms with Gasteiger partial charge in [-0.05, 0) is 61.4 Å². The highest BCUT2D eigenvalue weighted by molar-refractivity contribution is 7.92. The molecule has 4 rings (SSSR count). The molecule has 0 aliphatic carbocycles. The number of nitrogens with zero attached hydrogens (tertiary/aromatic N) is 2. The zero-order valence-corrected chi connectivity index (χ0v) is 24.3. The first-order valence-electron chi connectivity index (χ1n) is 13.2. The van der Waals surface area contributed by atoms with Crippen molar-refractivity contribution in [1.82, 2.24) is 5.32 Å². The van der Waals surface area contributed by atoms with Gasteiger partial charge in [0, 0.05) is 18.2 Å². The van der Waals surface area contributed by atoms with Gasteiger partial charge in [0.15, 0.2) is 0 Å². The lowest BCUT2D eigenvalue weighted by molar-refractivity contribution is -0.385. The van der Waals surface area contributed by atoms with E-state index in [1.165, 1.54) is 50.4 Å². The maximum atomic E-state index is 13.8. The number of hydrogen-bond acceptors (Lipinski definition) is 7. The van der Waals surface area contributed by atoms with Gasteiger partial charge in [0.05, 0.1) is 33.9 Å². The van der Waals surface area contributed by atoms with E-state index in [-0.39, 0.29) is 33.1 Å². The zero-order chi connectivity index (χ0) is 31.0. The topological polar surface area (TPSA) is 148 Å². The number of hydrogen-bond donors (Lipinski definition) is 2. The monoisotopic (exact) mass is 602 g/mol. The summed E-state index contributed by atoms with van der Waals surface area (Å²) in [7, 11) is -2.99. The number of para-hydroxylation sites is 1. The van der Waals surface area contributed by atoms with Crippen molar-refractivity contribution in [3.8, 4) is 5.75 Å². The first-order valence-corrected chi connectivity index (χ1v) is 14.7. The van der Waals surface area contributed by atoms with Crippen LogP contribution in [0, 0.1) is 17.0 Å². The van der Waals surface area contributed by atoms with Crippen molar-refractivity contribution in [3.63, 3.8) is 0 Å². The Hall–Kier alpha value is -5.23. The molecular formula is C31H30N4O7S. The number of carbonyl (C=O) groups excluding carboxylic acids is 2. The third-order valence-electron chi connectivity index (χ3n) is 6.60. The molecule has 0 saturated heterocycles. The van der Waals surface area contributed by atoms with Crippen LogP contribution in [0.2, 0.25) is 0 Å².